The van der Waals surface area contributed by atoms with Crippen LogP contribution in [0.4, 0.5) is 18.9 Å². The van der Waals surface area contributed by atoms with Gasteiger partial charge in [-0.2, -0.15) is 17.5 Å². The lowest BCUT2D eigenvalue weighted by Gasteiger charge is -2.07. The fourth-order valence-electron chi connectivity index (χ4n) is 1.54. The van der Waals surface area contributed by atoms with E-state index in [1.165, 1.54) is 30.8 Å². The third kappa shape index (κ3) is 3.36. The molecule has 0 radical (unpaired) electrons. The quantitative estimate of drug-likeness (QED) is 0.844. The summed E-state index contributed by atoms with van der Waals surface area (Å²) in [5, 5.41) is 0. The standard InChI is InChI=1S/C13H11F3N2OS/c1-20(19,12-3-2-8-17-9-12)18-11-6-4-10(5-7-11)13(14,15)16/h2-9H,1H3. The van der Waals surface area contributed by atoms with Crippen molar-refractivity contribution in [2.75, 3.05) is 6.26 Å². The molecule has 1 aromatic carbocycles. The van der Waals surface area contributed by atoms with E-state index in [0.717, 1.165) is 12.1 Å². The molecule has 1 unspecified atom stereocenters. The van der Waals surface area contributed by atoms with Crippen LogP contribution in [0, 0.1) is 0 Å². The van der Waals surface area contributed by atoms with E-state index in [9.17, 15) is 17.4 Å². The number of benzene rings is 1. The number of nitrogens with zero attached hydrogens (tertiary/aromatic N) is 2. The molecule has 3 nitrogen and oxygen atoms in total. The van der Waals surface area contributed by atoms with Gasteiger partial charge in [0.2, 0.25) is 0 Å². The SMILES string of the molecule is CS(=O)(=Nc1ccc(C(F)(F)F)cc1)c1cccnc1. The molecule has 106 valence electrons. The van der Waals surface area contributed by atoms with Gasteiger partial charge in [0.15, 0.2) is 0 Å². The van der Waals surface area contributed by atoms with Gasteiger partial charge in [-0.3, -0.25) is 4.98 Å². The molecule has 0 aliphatic rings. The number of rotatable bonds is 2. The molecule has 0 aliphatic heterocycles. The molecule has 20 heavy (non-hydrogen) atoms. The van der Waals surface area contributed by atoms with Crippen molar-refractivity contribution in [2.24, 2.45) is 4.36 Å². The Labute approximate surface area is 114 Å². The molecule has 0 amide bonds. The van der Waals surface area contributed by atoms with Gasteiger partial charge in [0.05, 0.1) is 25.9 Å². The van der Waals surface area contributed by atoms with Crippen molar-refractivity contribution in [1.29, 1.82) is 0 Å². The Morgan fingerprint density at radius 3 is 2.30 bits per heavy atom. The minimum absolute atomic E-state index is 0.231. The van der Waals surface area contributed by atoms with Crippen LogP contribution in [0.15, 0.2) is 58.1 Å². The predicted molar refractivity (Wildman–Crippen MR) is 70.1 cm³/mol. The third-order valence-electron chi connectivity index (χ3n) is 2.55. The molecule has 0 saturated heterocycles. The summed E-state index contributed by atoms with van der Waals surface area (Å²) in [4.78, 5) is 4.28. The number of hydrogen-bond donors (Lipinski definition) is 0. The molecule has 7 heteroatoms. The van der Waals surface area contributed by atoms with Gasteiger partial charge in [-0.05, 0) is 36.4 Å². The molecule has 1 aromatic heterocycles. The van der Waals surface area contributed by atoms with Crippen LogP contribution in [0.5, 0.6) is 0 Å². The molecule has 0 N–H and O–H groups in total. The highest BCUT2D eigenvalue weighted by Gasteiger charge is 2.29. The minimum Gasteiger partial charge on any atom is -0.263 e. The molecule has 1 heterocycles. The van der Waals surface area contributed by atoms with Gasteiger partial charge in [-0.25, -0.2) is 4.21 Å². The van der Waals surface area contributed by atoms with Crippen molar-refractivity contribution in [1.82, 2.24) is 4.98 Å². The number of hydrogen-bond acceptors (Lipinski definition) is 3. The summed E-state index contributed by atoms with van der Waals surface area (Å²) in [6.07, 6.45) is -0.00967. The molecule has 0 fully saturated rings. The largest absolute Gasteiger partial charge is 0.416 e. The van der Waals surface area contributed by atoms with Crippen molar-refractivity contribution < 1.29 is 17.4 Å². The first-order valence-electron chi connectivity index (χ1n) is 5.58. The summed E-state index contributed by atoms with van der Waals surface area (Å²) < 4.78 is 53.7. The summed E-state index contributed by atoms with van der Waals surface area (Å²) in [5.41, 5.74) is -0.533. The number of halogens is 3. The summed E-state index contributed by atoms with van der Waals surface area (Å²) in [6.45, 7) is 0. The van der Waals surface area contributed by atoms with E-state index in [1.807, 2.05) is 0 Å². The van der Waals surface area contributed by atoms with Crippen LogP contribution in [0.1, 0.15) is 5.56 Å². The third-order valence-corrected chi connectivity index (χ3v) is 4.22. The van der Waals surface area contributed by atoms with Gasteiger partial charge in [-0.15, -0.1) is 0 Å². The highest BCUT2D eigenvalue weighted by atomic mass is 32.2. The first-order valence-corrected chi connectivity index (χ1v) is 7.51. The molecule has 2 aromatic rings. The molecule has 1 atom stereocenters. The topological polar surface area (TPSA) is 42.3 Å². The van der Waals surface area contributed by atoms with E-state index >= 15 is 0 Å². The second kappa shape index (κ2) is 5.24. The fourth-order valence-corrected chi connectivity index (χ4v) is 2.75. The van der Waals surface area contributed by atoms with Gasteiger partial charge in [0, 0.05) is 18.6 Å². The second-order valence-corrected chi connectivity index (χ2v) is 6.39. The zero-order valence-corrected chi connectivity index (χ0v) is 11.3. The fraction of sp³-hybridized carbons (Fsp3) is 0.154. The minimum atomic E-state index is -4.39. The maximum Gasteiger partial charge on any atom is 0.416 e. The summed E-state index contributed by atoms with van der Waals surface area (Å²) in [6, 6.07) is 7.46. The first-order chi connectivity index (χ1) is 9.29. The Morgan fingerprint density at radius 1 is 1.15 bits per heavy atom. The Bertz CT molecular complexity index is 703. The highest BCUT2D eigenvalue weighted by molar-refractivity contribution is 7.93. The van der Waals surface area contributed by atoms with Crippen LogP contribution < -0.4 is 0 Å². The molecule has 0 aliphatic carbocycles. The van der Waals surface area contributed by atoms with E-state index in [4.69, 9.17) is 0 Å². The highest BCUT2D eigenvalue weighted by Crippen LogP contribution is 2.30. The smallest absolute Gasteiger partial charge is 0.263 e. The summed E-state index contributed by atoms with van der Waals surface area (Å²) in [7, 11) is -2.73. The molecule has 0 spiro atoms. The maximum absolute atomic E-state index is 12.4. The normalized spacial score (nSPS) is 14.6. The van der Waals surface area contributed by atoms with E-state index in [2.05, 4.69) is 9.35 Å². The van der Waals surface area contributed by atoms with E-state index < -0.39 is 21.5 Å². The van der Waals surface area contributed by atoms with E-state index in [-0.39, 0.29) is 5.69 Å². The van der Waals surface area contributed by atoms with Crippen LogP contribution in [0.25, 0.3) is 0 Å². The molecular formula is C13H11F3N2OS. The first kappa shape index (κ1) is 14.5. The van der Waals surface area contributed by atoms with Gasteiger partial charge < -0.3 is 0 Å². The maximum atomic E-state index is 12.4. The molecule has 0 saturated carbocycles. The molecular weight excluding hydrogens is 289 g/mol. The lowest BCUT2D eigenvalue weighted by Crippen LogP contribution is -2.03. The average molecular weight is 300 g/mol. The Morgan fingerprint density at radius 2 is 1.80 bits per heavy atom. The van der Waals surface area contributed by atoms with Crippen molar-refractivity contribution >= 4 is 15.4 Å². The summed E-state index contributed by atoms with van der Waals surface area (Å²) in [5.74, 6) is 0. The Kier molecular flexibility index (Phi) is 3.80. The number of pyridine rings is 1. The van der Waals surface area contributed by atoms with Gasteiger partial charge in [0.1, 0.15) is 0 Å². The van der Waals surface area contributed by atoms with Crippen molar-refractivity contribution in [2.45, 2.75) is 11.1 Å². The van der Waals surface area contributed by atoms with Crippen LogP contribution in [-0.4, -0.2) is 15.4 Å². The van der Waals surface area contributed by atoms with Gasteiger partial charge in [0.25, 0.3) is 0 Å². The summed E-state index contributed by atoms with van der Waals surface area (Å²) >= 11 is 0. The zero-order valence-electron chi connectivity index (χ0n) is 10.5. The van der Waals surface area contributed by atoms with Crippen LogP contribution >= 0.6 is 0 Å². The lowest BCUT2D eigenvalue weighted by atomic mass is 10.2. The van der Waals surface area contributed by atoms with Crippen molar-refractivity contribution in [3.8, 4) is 0 Å². The molecule has 2 rings (SSSR count). The Hall–Kier alpha value is -1.89. The molecule has 0 bridgehead atoms. The van der Waals surface area contributed by atoms with Crippen molar-refractivity contribution in [3.63, 3.8) is 0 Å². The van der Waals surface area contributed by atoms with E-state index in [1.54, 1.807) is 12.1 Å². The lowest BCUT2D eigenvalue weighted by molar-refractivity contribution is -0.137. The van der Waals surface area contributed by atoms with Crippen molar-refractivity contribution in [3.05, 3.63) is 54.4 Å². The van der Waals surface area contributed by atoms with Gasteiger partial charge in [-0.1, -0.05) is 0 Å². The van der Waals surface area contributed by atoms with Crippen LogP contribution in [0.2, 0.25) is 0 Å². The Balaban J connectivity index is 2.38. The predicted octanol–water partition coefficient (Wildman–Crippen LogP) is 3.89. The second-order valence-electron chi connectivity index (χ2n) is 4.13. The van der Waals surface area contributed by atoms with Crippen LogP contribution in [0.3, 0.4) is 0 Å². The number of alkyl halides is 3. The number of aromatic nitrogens is 1. The monoisotopic (exact) mass is 300 g/mol. The average Bonchev–Trinajstić information content (AvgIpc) is 2.39. The van der Waals surface area contributed by atoms with Crippen LogP contribution in [-0.2, 0) is 15.9 Å². The van der Waals surface area contributed by atoms with E-state index in [0.29, 0.717) is 4.90 Å². The van der Waals surface area contributed by atoms with Gasteiger partial charge >= 0.3 is 6.18 Å². The zero-order chi connectivity index (χ0) is 14.8.